The van der Waals surface area contributed by atoms with Crippen molar-refractivity contribution >= 4 is 33.1 Å². The Morgan fingerprint density at radius 3 is 2.61 bits per heavy atom. The van der Waals surface area contributed by atoms with Gasteiger partial charge in [0.05, 0.1) is 30.0 Å². The van der Waals surface area contributed by atoms with Gasteiger partial charge >= 0.3 is 12.0 Å². The van der Waals surface area contributed by atoms with Gasteiger partial charge in [-0.1, -0.05) is 5.21 Å². The monoisotopic (exact) mass is 412 g/mol. The van der Waals surface area contributed by atoms with Crippen LogP contribution in [0, 0.1) is 0 Å². The van der Waals surface area contributed by atoms with Crippen molar-refractivity contribution in [2.45, 2.75) is 24.8 Å². The summed E-state index contributed by atoms with van der Waals surface area (Å²) in [5.74, 6) is -0.368. The summed E-state index contributed by atoms with van der Waals surface area (Å²) in [6.45, 7) is 2.83. The van der Waals surface area contributed by atoms with Crippen molar-refractivity contribution < 1.29 is 22.7 Å². The normalized spacial score (nSPS) is 11.6. The van der Waals surface area contributed by atoms with Crippen LogP contribution in [-0.2, 0) is 26.1 Å². The molecule has 0 fully saturated rings. The Balaban J connectivity index is 1.88. The van der Waals surface area contributed by atoms with E-state index in [9.17, 15) is 18.0 Å². The smallest absolute Gasteiger partial charge is 0.314 e. The standard InChI is InChI=1S/C16H24N6O5S/c1-4-27-15(23)7-8-17-16(24)18-9-10-22-14-6-5-12(11-13(14)19-20-22)28(25,26)21(2)3/h5-6,11H,4,7-10H2,1-3H3,(H2,17,18,24). The van der Waals surface area contributed by atoms with Gasteiger partial charge in [-0.2, -0.15) is 0 Å². The van der Waals surface area contributed by atoms with Crippen molar-refractivity contribution in [3.8, 4) is 0 Å². The maximum Gasteiger partial charge on any atom is 0.314 e. The zero-order valence-corrected chi connectivity index (χ0v) is 16.8. The van der Waals surface area contributed by atoms with Crippen LogP contribution in [0.1, 0.15) is 13.3 Å². The number of esters is 1. The number of amides is 2. The maximum atomic E-state index is 12.2. The summed E-state index contributed by atoms with van der Waals surface area (Å²) in [5, 5.41) is 13.2. The lowest BCUT2D eigenvalue weighted by atomic mass is 10.3. The highest BCUT2D eigenvalue weighted by Gasteiger charge is 2.18. The number of sulfonamides is 1. The summed E-state index contributed by atoms with van der Waals surface area (Å²) in [4.78, 5) is 23.0. The zero-order valence-electron chi connectivity index (χ0n) is 16.0. The second-order valence-corrected chi connectivity index (χ2v) is 8.14. The van der Waals surface area contributed by atoms with Crippen LogP contribution in [0.4, 0.5) is 4.79 Å². The van der Waals surface area contributed by atoms with E-state index < -0.39 is 16.1 Å². The number of rotatable bonds is 9. The first-order valence-corrected chi connectivity index (χ1v) is 10.1. The van der Waals surface area contributed by atoms with Crippen LogP contribution in [-0.4, -0.2) is 73.5 Å². The largest absolute Gasteiger partial charge is 0.466 e. The van der Waals surface area contributed by atoms with E-state index in [0.717, 1.165) is 4.31 Å². The highest BCUT2D eigenvalue weighted by molar-refractivity contribution is 7.89. The number of hydrogen-bond donors (Lipinski definition) is 2. The Kier molecular flexibility index (Phi) is 7.29. The van der Waals surface area contributed by atoms with Gasteiger partial charge in [-0.15, -0.1) is 5.10 Å². The fraction of sp³-hybridized carbons (Fsp3) is 0.500. The van der Waals surface area contributed by atoms with Gasteiger partial charge in [0.25, 0.3) is 0 Å². The van der Waals surface area contributed by atoms with Crippen LogP contribution in [0.5, 0.6) is 0 Å². The zero-order chi connectivity index (χ0) is 20.7. The summed E-state index contributed by atoms with van der Waals surface area (Å²) in [5.41, 5.74) is 1.10. The van der Waals surface area contributed by atoms with Crippen LogP contribution in [0.25, 0.3) is 11.0 Å². The van der Waals surface area contributed by atoms with Gasteiger partial charge in [0.1, 0.15) is 5.52 Å². The second-order valence-electron chi connectivity index (χ2n) is 5.99. The molecule has 0 aliphatic carbocycles. The Morgan fingerprint density at radius 1 is 1.21 bits per heavy atom. The summed E-state index contributed by atoms with van der Waals surface area (Å²) < 4.78 is 31.8. The van der Waals surface area contributed by atoms with Crippen LogP contribution in [0.2, 0.25) is 0 Å². The van der Waals surface area contributed by atoms with Crippen molar-refractivity contribution in [1.29, 1.82) is 0 Å². The first kappa shape index (κ1) is 21.6. The molecule has 0 saturated heterocycles. The highest BCUT2D eigenvalue weighted by atomic mass is 32.2. The molecule has 0 bridgehead atoms. The molecule has 2 amide bonds. The van der Waals surface area contributed by atoms with E-state index in [1.807, 2.05) is 0 Å². The minimum Gasteiger partial charge on any atom is -0.466 e. The number of urea groups is 1. The number of nitrogens with one attached hydrogen (secondary N) is 2. The number of nitrogens with zero attached hydrogens (tertiary/aromatic N) is 4. The topological polar surface area (TPSA) is 136 Å². The van der Waals surface area contributed by atoms with E-state index in [1.54, 1.807) is 17.7 Å². The van der Waals surface area contributed by atoms with Crippen molar-refractivity contribution in [3.05, 3.63) is 18.2 Å². The maximum absolute atomic E-state index is 12.2. The fourth-order valence-electron chi connectivity index (χ4n) is 2.34. The number of ether oxygens (including phenoxy) is 1. The average molecular weight is 412 g/mol. The third-order valence-electron chi connectivity index (χ3n) is 3.79. The number of hydrogen-bond acceptors (Lipinski definition) is 7. The molecule has 1 aromatic heterocycles. The Labute approximate surface area is 163 Å². The molecule has 1 heterocycles. The third kappa shape index (κ3) is 5.39. The molecule has 0 aliphatic rings. The van der Waals surface area contributed by atoms with Gasteiger partial charge < -0.3 is 15.4 Å². The van der Waals surface area contributed by atoms with Crippen molar-refractivity contribution in [3.63, 3.8) is 0 Å². The third-order valence-corrected chi connectivity index (χ3v) is 5.60. The van der Waals surface area contributed by atoms with Gasteiger partial charge in [0, 0.05) is 27.2 Å². The molecule has 11 nitrogen and oxygen atoms in total. The first-order chi connectivity index (χ1) is 13.3. The molecule has 12 heteroatoms. The average Bonchev–Trinajstić information content (AvgIpc) is 3.04. The Bertz CT molecular complexity index is 940. The first-order valence-electron chi connectivity index (χ1n) is 8.68. The van der Waals surface area contributed by atoms with E-state index in [2.05, 4.69) is 20.9 Å². The van der Waals surface area contributed by atoms with E-state index in [4.69, 9.17) is 4.74 Å². The number of aromatic nitrogens is 3. The number of carbonyl (C=O) groups excluding carboxylic acids is 2. The lowest BCUT2D eigenvalue weighted by molar-refractivity contribution is -0.142. The number of carbonyl (C=O) groups is 2. The second kappa shape index (κ2) is 9.46. The number of benzene rings is 1. The van der Waals surface area contributed by atoms with Crippen LogP contribution in [0.15, 0.2) is 23.1 Å². The van der Waals surface area contributed by atoms with Gasteiger partial charge in [0.15, 0.2) is 0 Å². The molecular formula is C16H24N6O5S. The Morgan fingerprint density at radius 2 is 1.93 bits per heavy atom. The van der Waals surface area contributed by atoms with Crippen LogP contribution < -0.4 is 10.6 Å². The number of fused-ring (bicyclic) bond motifs is 1. The van der Waals surface area contributed by atoms with Gasteiger partial charge in [0.2, 0.25) is 10.0 Å². The SMILES string of the molecule is CCOC(=O)CCNC(=O)NCCn1nnc2cc(S(=O)(=O)N(C)C)ccc21. The fourth-order valence-corrected chi connectivity index (χ4v) is 3.26. The lowest BCUT2D eigenvalue weighted by Gasteiger charge is -2.11. The van der Waals surface area contributed by atoms with E-state index >= 15 is 0 Å². The van der Waals surface area contributed by atoms with E-state index in [0.29, 0.717) is 24.2 Å². The molecule has 2 aromatic rings. The molecule has 0 spiro atoms. The molecule has 1 aromatic carbocycles. The van der Waals surface area contributed by atoms with Crippen molar-refractivity contribution in [1.82, 2.24) is 29.9 Å². The predicted molar refractivity (Wildman–Crippen MR) is 101 cm³/mol. The van der Waals surface area contributed by atoms with Crippen LogP contribution in [0.3, 0.4) is 0 Å². The van der Waals surface area contributed by atoms with Gasteiger partial charge in [-0.3, -0.25) is 4.79 Å². The molecule has 0 atom stereocenters. The van der Waals surface area contributed by atoms with Crippen molar-refractivity contribution in [2.24, 2.45) is 0 Å². The van der Waals surface area contributed by atoms with Crippen LogP contribution >= 0.6 is 0 Å². The molecule has 2 rings (SSSR count). The molecule has 0 saturated carbocycles. The minimum absolute atomic E-state index is 0.104. The van der Waals surface area contributed by atoms with Crippen molar-refractivity contribution in [2.75, 3.05) is 33.8 Å². The van der Waals surface area contributed by atoms with Gasteiger partial charge in [-0.25, -0.2) is 22.2 Å². The van der Waals surface area contributed by atoms with E-state index in [-0.39, 0.29) is 30.4 Å². The minimum atomic E-state index is -3.55. The molecule has 2 N–H and O–H groups in total. The lowest BCUT2D eigenvalue weighted by Crippen LogP contribution is -2.38. The Hall–Kier alpha value is -2.73. The van der Waals surface area contributed by atoms with E-state index in [1.165, 1.54) is 26.2 Å². The molecule has 0 aliphatic heterocycles. The molecule has 154 valence electrons. The summed E-state index contributed by atoms with van der Waals surface area (Å²) in [7, 11) is -0.632. The molecule has 0 radical (unpaired) electrons. The molecule has 0 unspecified atom stereocenters. The highest BCUT2D eigenvalue weighted by Crippen LogP contribution is 2.19. The predicted octanol–water partition coefficient (Wildman–Crippen LogP) is -0.0660. The quantitative estimate of drug-likeness (QED) is 0.551. The molecular weight excluding hydrogens is 388 g/mol. The molecule has 28 heavy (non-hydrogen) atoms. The summed E-state index contributed by atoms with van der Waals surface area (Å²) >= 11 is 0. The van der Waals surface area contributed by atoms with Gasteiger partial charge in [-0.05, 0) is 25.1 Å². The summed E-state index contributed by atoms with van der Waals surface area (Å²) in [6.07, 6.45) is 0.104. The summed E-state index contributed by atoms with van der Waals surface area (Å²) in [6, 6.07) is 4.18.